The van der Waals surface area contributed by atoms with E-state index in [2.05, 4.69) is 15.3 Å². The van der Waals surface area contributed by atoms with Crippen molar-refractivity contribution in [1.82, 2.24) is 15.3 Å². The molecule has 1 aliphatic heterocycles. The highest BCUT2D eigenvalue weighted by Crippen LogP contribution is 2.29. The van der Waals surface area contributed by atoms with E-state index in [1.807, 2.05) is 12.1 Å². The SMILES string of the molecule is CCOC(=O)C1=C(NC2CCCCC2)O/C(=C\c2c[nH]c3ncccc23)C1=O.Cl. The van der Waals surface area contributed by atoms with Crippen LogP contribution in [-0.2, 0) is 19.1 Å². The zero-order valence-electron chi connectivity index (χ0n) is 16.2. The number of hydrogen-bond acceptors (Lipinski definition) is 6. The number of pyridine rings is 1. The van der Waals surface area contributed by atoms with Gasteiger partial charge in [-0.2, -0.15) is 0 Å². The van der Waals surface area contributed by atoms with Gasteiger partial charge in [0.1, 0.15) is 5.65 Å². The monoisotopic (exact) mass is 417 g/mol. The van der Waals surface area contributed by atoms with Gasteiger partial charge in [0, 0.05) is 29.4 Å². The second-order valence-corrected chi connectivity index (χ2v) is 6.99. The summed E-state index contributed by atoms with van der Waals surface area (Å²) in [6.45, 7) is 1.90. The molecule has 0 unspecified atom stereocenters. The molecule has 2 aliphatic rings. The van der Waals surface area contributed by atoms with E-state index in [1.54, 1.807) is 25.4 Å². The van der Waals surface area contributed by atoms with Crippen LogP contribution >= 0.6 is 12.4 Å². The lowest BCUT2D eigenvalue weighted by Gasteiger charge is -2.24. The van der Waals surface area contributed by atoms with E-state index in [0.29, 0.717) is 0 Å². The zero-order valence-corrected chi connectivity index (χ0v) is 17.0. The number of ether oxygens (including phenoxy) is 2. The number of ketones is 1. The Morgan fingerprint density at radius 2 is 2.17 bits per heavy atom. The molecule has 1 aliphatic carbocycles. The van der Waals surface area contributed by atoms with Gasteiger partial charge >= 0.3 is 5.97 Å². The van der Waals surface area contributed by atoms with Gasteiger partial charge in [0.25, 0.3) is 0 Å². The van der Waals surface area contributed by atoms with Gasteiger partial charge in [-0.05, 0) is 38.0 Å². The molecule has 1 saturated carbocycles. The molecular weight excluding hydrogens is 394 g/mol. The summed E-state index contributed by atoms with van der Waals surface area (Å²) in [6.07, 6.45) is 10.5. The van der Waals surface area contributed by atoms with E-state index >= 15 is 0 Å². The molecule has 0 saturated heterocycles. The lowest BCUT2D eigenvalue weighted by atomic mass is 9.95. The number of aromatic amines is 1. The maximum atomic E-state index is 12.9. The van der Waals surface area contributed by atoms with Crippen LogP contribution in [0.4, 0.5) is 0 Å². The molecule has 0 amide bonds. The Morgan fingerprint density at radius 1 is 1.38 bits per heavy atom. The highest BCUT2D eigenvalue weighted by atomic mass is 35.5. The van der Waals surface area contributed by atoms with Crippen LogP contribution in [0.3, 0.4) is 0 Å². The summed E-state index contributed by atoms with van der Waals surface area (Å²) in [5.41, 5.74) is 1.43. The number of H-pyrrole nitrogens is 1. The quantitative estimate of drug-likeness (QED) is 0.438. The molecule has 154 valence electrons. The van der Waals surface area contributed by atoms with Crippen LogP contribution in [0.25, 0.3) is 17.1 Å². The van der Waals surface area contributed by atoms with Crippen molar-refractivity contribution in [2.24, 2.45) is 0 Å². The molecule has 8 heteroatoms. The van der Waals surface area contributed by atoms with E-state index in [9.17, 15) is 9.59 Å². The fourth-order valence-corrected chi connectivity index (χ4v) is 3.69. The maximum absolute atomic E-state index is 12.9. The van der Waals surface area contributed by atoms with E-state index in [1.165, 1.54) is 6.42 Å². The van der Waals surface area contributed by atoms with Gasteiger partial charge in [0.05, 0.1) is 6.61 Å². The van der Waals surface area contributed by atoms with Crippen molar-refractivity contribution in [2.45, 2.75) is 45.1 Å². The minimum atomic E-state index is -0.658. The van der Waals surface area contributed by atoms with Crippen LogP contribution in [-0.4, -0.2) is 34.4 Å². The number of Topliss-reactive ketones (excluding diaryl/α,β-unsaturated/α-hetero) is 1. The van der Waals surface area contributed by atoms with Crippen LogP contribution in [0.5, 0.6) is 0 Å². The van der Waals surface area contributed by atoms with Gasteiger partial charge in [0.2, 0.25) is 11.7 Å². The van der Waals surface area contributed by atoms with Crippen LogP contribution in [0.2, 0.25) is 0 Å². The van der Waals surface area contributed by atoms with Gasteiger partial charge in [-0.1, -0.05) is 19.3 Å². The van der Waals surface area contributed by atoms with Crippen molar-refractivity contribution < 1.29 is 19.1 Å². The largest absolute Gasteiger partial charge is 0.462 e. The van der Waals surface area contributed by atoms with Crippen LogP contribution in [0.1, 0.15) is 44.6 Å². The lowest BCUT2D eigenvalue weighted by molar-refractivity contribution is -0.139. The second-order valence-electron chi connectivity index (χ2n) is 6.99. The molecule has 0 bridgehead atoms. The average Bonchev–Trinajstić information content (AvgIpc) is 3.24. The maximum Gasteiger partial charge on any atom is 0.347 e. The van der Waals surface area contributed by atoms with Gasteiger partial charge in [-0.3, -0.25) is 4.79 Å². The first kappa shape index (κ1) is 20.9. The summed E-state index contributed by atoms with van der Waals surface area (Å²) in [6, 6.07) is 3.93. The van der Waals surface area contributed by atoms with Gasteiger partial charge in [-0.25, -0.2) is 9.78 Å². The number of nitrogens with zero attached hydrogens (tertiary/aromatic N) is 1. The molecule has 2 aromatic rings. The number of rotatable bonds is 5. The van der Waals surface area contributed by atoms with E-state index < -0.39 is 11.8 Å². The number of nitrogens with one attached hydrogen (secondary N) is 2. The first-order valence-electron chi connectivity index (χ1n) is 9.71. The molecule has 0 aromatic carbocycles. The minimum Gasteiger partial charge on any atom is -0.462 e. The van der Waals surface area contributed by atoms with Crippen molar-refractivity contribution in [2.75, 3.05) is 6.61 Å². The Balaban J connectivity index is 0.00000240. The third-order valence-corrected chi connectivity index (χ3v) is 5.08. The Labute approximate surface area is 175 Å². The van der Waals surface area contributed by atoms with Crippen molar-refractivity contribution >= 4 is 41.3 Å². The summed E-state index contributed by atoms with van der Waals surface area (Å²) in [4.78, 5) is 32.6. The molecular formula is C21H24ClN3O4. The predicted molar refractivity (Wildman–Crippen MR) is 111 cm³/mol. The highest BCUT2D eigenvalue weighted by Gasteiger charge is 2.37. The molecule has 1 fully saturated rings. The molecule has 0 atom stereocenters. The van der Waals surface area contributed by atoms with E-state index in [-0.39, 0.29) is 42.3 Å². The number of carbonyl (C=O) groups excluding carboxylic acids is 2. The van der Waals surface area contributed by atoms with Crippen molar-refractivity contribution in [3.8, 4) is 0 Å². The minimum absolute atomic E-state index is 0. The van der Waals surface area contributed by atoms with Crippen LogP contribution < -0.4 is 5.32 Å². The topological polar surface area (TPSA) is 93.3 Å². The van der Waals surface area contributed by atoms with Gasteiger partial charge < -0.3 is 19.8 Å². The van der Waals surface area contributed by atoms with Crippen LogP contribution in [0.15, 0.2) is 41.7 Å². The Bertz CT molecular complexity index is 973. The molecule has 29 heavy (non-hydrogen) atoms. The second kappa shape index (κ2) is 9.13. The van der Waals surface area contributed by atoms with E-state index in [0.717, 1.165) is 42.3 Å². The smallest absolute Gasteiger partial charge is 0.347 e. The predicted octanol–water partition coefficient (Wildman–Crippen LogP) is 3.62. The molecule has 0 radical (unpaired) electrons. The summed E-state index contributed by atoms with van der Waals surface area (Å²) in [5.74, 6) is -0.810. The molecule has 2 N–H and O–H groups in total. The summed E-state index contributed by atoms with van der Waals surface area (Å²) in [7, 11) is 0. The first-order chi connectivity index (χ1) is 13.7. The van der Waals surface area contributed by atoms with Crippen molar-refractivity contribution in [3.05, 3.63) is 47.3 Å². The number of aromatic nitrogens is 2. The summed E-state index contributed by atoms with van der Waals surface area (Å²) < 4.78 is 10.9. The number of halogens is 1. The number of allylic oxidation sites excluding steroid dienone is 1. The average molecular weight is 418 g/mol. The first-order valence-corrected chi connectivity index (χ1v) is 9.71. The fourth-order valence-electron chi connectivity index (χ4n) is 3.69. The lowest BCUT2D eigenvalue weighted by Crippen LogP contribution is -2.32. The molecule has 0 spiro atoms. The van der Waals surface area contributed by atoms with Crippen LogP contribution in [0, 0.1) is 0 Å². The Hall–Kier alpha value is -2.80. The van der Waals surface area contributed by atoms with Crippen molar-refractivity contribution in [3.63, 3.8) is 0 Å². The normalized spacial score (nSPS) is 18.7. The zero-order chi connectivity index (χ0) is 19.5. The Kier molecular flexibility index (Phi) is 6.59. The highest BCUT2D eigenvalue weighted by molar-refractivity contribution is 6.26. The number of carbonyl (C=O) groups is 2. The number of hydrogen-bond donors (Lipinski definition) is 2. The van der Waals surface area contributed by atoms with E-state index in [4.69, 9.17) is 9.47 Å². The third-order valence-electron chi connectivity index (χ3n) is 5.08. The number of fused-ring (bicyclic) bond motifs is 1. The van der Waals surface area contributed by atoms with Gasteiger partial charge in [0.15, 0.2) is 11.3 Å². The molecule has 3 heterocycles. The Morgan fingerprint density at radius 3 is 2.93 bits per heavy atom. The summed E-state index contributed by atoms with van der Waals surface area (Å²) in [5, 5.41) is 4.13. The van der Waals surface area contributed by atoms with Crippen molar-refractivity contribution in [1.29, 1.82) is 0 Å². The summed E-state index contributed by atoms with van der Waals surface area (Å²) >= 11 is 0. The molecule has 7 nitrogen and oxygen atoms in total. The standard InChI is InChI=1S/C21H23N3O4.ClH/c1-2-27-21(26)17-18(25)16(28-20(17)24-14-7-4-3-5-8-14)11-13-12-23-19-15(13)9-6-10-22-19;/h6,9-12,14,24H,2-5,7-8H2,1H3,(H,22,23);1H/b16-11-;. The molecule has 2 aromatic heterocycles. The van der Waals surface area contributed by atoms with Gasteiger partial charge in [-0.15, -0.1) is 12.4 Å². The number of esters is 1. The molecule has 4 rings (SSSR count). The fraction of sp³-hybridized carbons (Fsp3) is 0.381. The third kappa shape index (κ3) is 4.29.